The molecule has 12 atom stereocenters. The Balaban J connectivity index is 1.03. The van der Waals surface area contributed by atoms with Crippen molar-refractivity contribution in [3.8, 4) is 0 Å². The quantitative estimate of drug-likeness (QED) is 0.245. The fourth-order valence-electron chi connectivity index (χ4n) is 13.3. The SMILES string of the molecule is CC12CCC(O)CC1=CCC1C2CCC2(C)/C(=N/N=C3\CCC4C5CC=C6CC(O)CCC6(C)C5CCC34C)CCC12. The average Bonchev–Trinajstić information content (AvgIpc) is 3.48. The number of hydrogen-bond donors (Lipinski definition) is 2. The molecule has 12 unspecified atom stereocenters. The molecule has 0 aromatic rings. The van der Waals surface area contributed by atoms with E-state index in [9.17, 15) is 10.2 Å². The van der Waals surface area contributed by atoms with E-state index >= 15 is 0 Å². The fraction of sp³-hybridized carbons (Fsp3) is 0.842. The van der Waals surface area contributed by atoms with Crippen molar-refractivity contribution in [3.63, 3.8) is 0 Å². The van der Waals surface area contributed by atoms with Crippen molar-refractivity contribution in [2.45, 2.75) is 143 Å². The van der Waals surface area contributed by atoms with Gasteiger partial charge in [0.1, 0.15) is 0 Å². The van der Waals surface area contributed by atoms with Gasteiger partial charge in [-0.15, -0.1) is 0 Å². The number of hydrogen-bond acceptors (Lipinski definition) is 4. The summed E-state index contributed by atoms with van der Waals surface area (Å²) in [6.07, 6.45) is 23.4. The van der Waals surface area contributed by atoms with E-state index in [1.807, 2.05) is 0 Å². The third kappa shape index (κ3) is 3.85. The lowest BCUT2D eigenvalue weighted by Gasteiger charge is -2.57. The second kappa shape index (κ2) is 9.62. The van der Waals surface area contributed by atoms with Crippen LogP contribution in [0, 0.1) is 57.2 Å². The largest absolute Gasteiger partial charge is 0.393 e. The normalized spacial score (nSPS) is 55.1. The number of fused-ring (bicyclic) bond motifs is 10. The lowest BCUT2D eigenvalue weighted by Crippen LogP contribution is -2.50. The van der Waals surface area contributed by atoms with Gasteiger partial charge < -0.3 is 10.2 Å². The zero-order valence-electron chi connectivity index (χ0n) is 26.9. The highest BCUT2D eigenvalue weighted by Gasteiger charge is 2.59. The third-order valence-corrected chi connectivity index (χ3v) is 15.9. The maximum atomic E-state index is 10.4. The van der Waals surface area contributed by atoms with E-state index in [0.29, 0.717) is 10.8 Å². The second-order valence-corrected chi connectivity index (χ2v) is 17.4. The van der Waals surface area contributed by atoms with Gasteiger partial charge in [0.15, 0.2) is 0 Å². The van der Waals surface area contributed by atoms with Crippen LogP contribution < -0.4 is 0 Å². The van der Waals surface area contributed by atoms with Crippen LogP contribution in [-0.4, -0.2) is 33.8 Å². The molecule has 2 N–H and O–H groups in total. The molecule has 0 spiro atoms. The first-order valence-electron chi connectivity index (χ1n) is 18.0. The van der Waals surface area contributed by atoms with E-state index in [1.54, 1.807) is 11.1 Å². The van der Waals surface area contributed by atoms with Crippen molar-refractivity contribution in [1.82, 2.24) is 0 Å². The molecule has 0 aromatic heterocycles. The van der Waals surface area contributed by atoms with Gasteiger partial charge >= 0.3 is 0 Å². The second-order valence-electron chi connectivity index (χ2n) is 17.4. The third-order valence-electron chi connectivity index (χ3n) is 15.9. The van der Waals surface area contributed by atoms with Crippen molar-refractivity contribution in [1.29, 1.82) is 0 Å². The Bertz CT molecular complexity index is 1170. The molecule has 0 saturated heterocycles. The number of nitrogens with zero attached hydrogens (tertiary/aromatic N) is 2. The highest BCUT2D eigenvalue weighted by molar-refractivity contribution is 5.95. The van der Waals surface area contributed by atoms with Gasteiger partial charge in [-0.3, -0.25) is 0 Å². The molecule has 6 saturated carbocycles. The van der Waals surface area contributed by atoms with E-state index < -0.39 is 0 Å². The summed E-state index contributed by atoms with van der Waals surface area (Å²) < 4.78 is 0. The molecule has 4 heteroatoms. The molecule has 8 aliphatic rings. The summed E-state index contributed by atoms with van der Waals surface area (Å²) in [5.74, 6) is 4.55. The van der Waals surface area contributed by atoms with E-state index in [1.165, 1.54) is 75.6 Å². The summed E-state index contributed by atoms with van der Waals surface area (Å²) in [6.45, 7) is 10.2. The van der Waals surface area contributed by atoms with Crippen LogP contribution in [0.2, 0.25) is 0 Å². The maximum Gasteiger partial charge on any atom is 0.0577 e. The van der Waals surface area contributed by atoms with Gasteiger partial charge in [-0.1, -0.05) is 51.0 Å². The molecule has 0 radical (unpaired) electrons. The number of aliphatic hydroxyl groups is 2. The van der Waals surface area contributed by atoms with Gasteiger partial charge in [0, 0.05) is 22.3 Å². The lowest BCUT2D eigenvalue weighted by molar-refractivity contribution is -0.0212. The summed E-state index contributed by atoms with van der Waals surface area (Å²) in [5.41, 5.74) is 7.00. The standard InChI is InChI=1S/C38H56N2O2/c1-35-17-13-25(41)21-23(35)5-7-27-29-9-11-33(37(29,3)19-15-31(27)35)39-40-34-12-10-30-28-8-6-24-22-26(42)14-18-36(24,2)32(28)16-20-38(30,34)4/h5-6,25-32,41-42H,7-22H2,1-4H3/b39-33+,40-34+. The molecular formula is C38H56N2O2. The highest BCUT2D eigenvalue weighted by atomic mass is 16.3. The Labute approximate surface area is 254 Å². The Kier molecular flexibility index (Phi) is 6.47. The fourth-order valence-corrected chi connectivity index (χ4v) is 13.3. The maximum absolute atomic E-state index is 10.4. The minimum Gasteiger partial charge on any atom is -0.393 e. The van der Waals surface area contributed by atoms with Crippen LogP contribution >= 0.6 is 0 Å². The van der Waals surface area contributed by atoms with E-state index in [2.05, 4.69) is 39.8 Å². The van der Waals surface area contributed by atoms with Crippen LogP contribution in [0.5, 0.6) is 0 Å². The minimum absolute atomic E-state index is 0.123. The zero-order chi connectivity index (χ0) is 29.1. The van der Waals surface area contributed by atoms with Gasteiger partial charge in [0.05, 0.1) is 12.2 Å². The van der Waals surface area contributed by atoms with Gasteiger partial charge in [0.25, 0.3) is 0 Å². The predicted octanol–water partition coefficient (Wildman–Crippen LogP) is 8.43. The topological polar surface area (TPSA) is 65.2 Å². The molecule has 42 heavy (non-hydrogen) atoms. The highest BCUT2D eigenvalue weighted by Crippen LogP contribution is 2.66. The lowest BCUT2D eigenvalue weighted by atomic mass is 9.48. The zero-order valence-corrected chi connectivity index (χ0v) is 26.9. The van der Waals surface area contributed by atoms with Crippen molar-refractivity contribution in [2.24, 2.45) is 67.4 Å². The minimum atomic E-state index is -0.123. The van der Waals surface area contributed by atoms with Crippen molar-refractivity contribution in [3.05, 3.63) is 23.3 Å². The number of rotatable bonds is 1. The van der Waals surface area contributed by atoms with Crippen LogP contribution in [0.3, 0.4) is 0 Å². The predicted molar refractivity (Wildman–Crippen MR) is 170 cm³/mol. The summed E-state index contributed by atoms with van der Waals surface area (Å²) in [4.78, 5) is 0. The first-order valence-corrected chi connectivity index (χ1v) is 18.0. The summed E-state index contributed by atoms with van der Waals surface area (Å²) >= 11 is 0. The molecule has 0 amide bonds. The summed E-state index contributed by atoms with van der Waals surface area (Å²) in [5, 5.41) is 31.2. The molecule has 0 bridgehead atoms. The average molecular weight is 573 g/mol. The monoisotopic (exact) mass is 572 g/mol. The molecule has 8 rings (SSSR count). The molecular weight excluding hydrogens is 516 g/mol. The van der Waals surface area contributed by atoms with E-state index in [-0.39, 0.29) is 23.0 Å². The van der Waals surface area contributed by atoms with Crippen LogP contribution in [0.25, 0.3) is 0 Å². The first-order chi connectivity index (χ1) is 20.1. The van der Waals surface area contributed by atoms with E-state index in [4.69, 9.17) is 10.2 Å². The molecule has 0 heterocycles. The van der Waals surface area contributed by atoms with Gasteiger partial charge in [-0.2, -0.15) is 10.2 Å². The Morgan fingerprint density at radius 1 is 0.548 bits per heavy atom. The van der Waals surface area contributed by atoms with Gasteiger partial charge in [0.2, 0.25) is 0 Å². The van der Waals surface area contributed by atoms with Crippen LogP contribution in [-0.2, 0) is 0 Å². The Hall–Kier alpha value is -1.26. The number of aliphatic hydroxyl groups excluding tert-OH is 2. The summed E-state index contributed by atoms with van der Waals surface area (Å²) in [6, 6.07) is 0. The van der Waals surface area contributed by atoms with Gasteiger partial charge in [-0.25, -0.2) is 0 Å². The molecule has 0 aliphatic heterocycles. The summed E-state index contributed by atoms with van der Waals surface area (Å²) in [7, 11) is 0. The van der Waals surface area contributed by atoms with Crippen LogP contribution in [0.15, 0.2) is 33.5 Å². The molecule has 0 aromatic carbocycles. The Morgan fingerprint density at radius 3 is 1.36 bits per heavy atom. The molecule has 8 aliphatic carbocycles. The van der Waals surface area contributed by atoms with Crippen LogP contribution in [0.1, 0.15) is 130 Å². The number of allylic oxidation sites excluding steroid dienone is 2. The van der Waals surface area contributed by atoms with E-state index in [0.717, 1.165) is 74.0 Å². The first kappa shape index (κ1) is 28.2. The smallest absolute Gasteiger partial charge is 0.0577 e. The van der Waals surface area contributed by atoms with Crippen molar-refractivity contribution < 1.29 is 10.2 Å². The molecule has 4 nitrogen and oxygen atoms in total. The Morgan fingerprint density at radius 2 is 0.929 bits per heavy atom. The van der Waals surface area contributed by atoms with Crippen molar-refractivity contribution >= 4 is 11.4 Å². The molecule has 6 fully saturated rings. The molecule has 230 valence electrons. The van der Waals surface area contributed by atoms with Crippen molar-refractivity contribution in [2.75, 3.05) is 0 Å². The van der Waals surface area contributed by atoms with Gasteiger partial charge in [-0.05, 0) is 149 Å². The van der Waals surface area contributed by atoms with Crippen LogP contribution in [0.4, 0.5) is 0 Å².